The van der Waals surface area contributed by atoms with Gasteiger partial charge in [-0.1, -0.05) is 0 Å². The highest BCUT2D eigenvalue weighted by atomic mass is 14.8. The summed E-state index contributed by atoms with van der Waals surface area (Å²) in [4.78, 5) is 11.8. The maximum absolute atomic E-state index is 8.56. The summed E-state index contributed by atoms with van der Waals surface area (Å²) in [5.41, 5.74) is 2.21. The van der Waals surface area contributed by atoms with Crippen molar-refractivity contribution in [2.75, 3.05) is 0 Å². The first-order valence-corrected chi connectivity index (χ1v) is 4.01. The van der Waals surface area contributed by atoms with E-state index in [-0.39, 0.29) is 0 Å². The molecule has 0 fully saturated rings. The third-order valence-electron chi connectivity index (χ3n) is 1.77. The third kappa shape index (κ3) is 1.57. The highest BCUT2D eigenvalue weighted by molar-refractivity contribution is 5.60. The molecule has 2 heterocycles. The summed E-state index contributed by atoms with van der Waals surface area (Å²) in [5.74, 6) is 0. The molecule has 0 aliphatic rings. The number of hydrogen-bond donors (Lipinski definition) is 0. The first kappa shape index (κ1) is 8.32. The third-order valence-corrected chi connectivity index (χ3v) is 1.77. The average molecular weight is 182 g/mol. The summed E-state index contributed by atoms with van der Waals surface area (Å²) in [6, 6.07) is 5.46. The molecular formula is C10H6N4. The second-order valence-corrected chi connectivity index (χ2v) is 2.67. The van der Waals surface area contributed by atoms with Crippen LogP contribution in [0.15, 0.2) is 37.1 Å². The van der Waals surface area contributed by atoms with Crippen molar-refractivity contribution in [2.24, 2.45) is 0 Å². The Kier molecular flexibility index (Phi) is 2.15. The molecule has 0 aromatic carbocycles. The van der Waals surface area contributed by atoms with Crippen LogP contribution < -0.4 is 0 Å². The molecule has 2 aromatic heterocycles. The molecule has 4 heteroatoms. The van der Waals surface area contributed by atoms with Crippen molar-refractivity contribution in [3.63, 3.8) is 0 Å². The van der Waals surface area contributed by atoms with Crippen LogP contribution in [0.4, 0.5) is 0 Å². The molecule has 0 saturated carbocycles. The lowest BCUT2D eigenvalue weighted by Crippen LogP contribution is -1.85. The molecule has 0 saturated heterocycles. The van der Waals surface area contributed by atoms with Crippen molar-refractivity contribution < 1.29 is 0 Å². The van der Waals surface area contributed by atoms with Gasteiger partial charge in [-0.15, -0.1) is 0 Å². The van der Waals surface area contributed by atoms with Crippen molar-refractivity contribution in [2.45, 2.75) is 0 Å². The number of nitrogens with zero attached hydrogens (tertiary/aromatic N) is 4. The van der Waals surface area contributed by atoms with Crippen LogP contribution in [0.5, 0.6) is 0 Å². The van der Waals surface area contributed by atoms with Crippen LogP contribution in [0, 0.1) is 11.3 Å². The molecule has 0 unspecified atom stereocenters. The topological polar surface area (TPSA) is 62.5 Å². The molecule has 0 radical (unpaired) electrons. The van der Waals surface area contributed by atoms with Gasteiger partial charge in [-0.05, 0) is 12.1 Å². The van der Waals surface area contributed by atoms with Crippen LogP contribution in [0.25, 0.3) is 11.1 Å². The van der Waals surface area contributed by atoms with E-state index in [9.17, 15) is 0 Å². The Morgan fingerprint density at radius 1 is 1.00 bits per heavy atom. The Labute approximate surface area is 80.9 Å². The number of nitriles is 1. The van der Waals surface area contributed by atoms with Crippen LogP contribution in [0.3, 0.4) is 0 Å². The minimum absolute atomic E-state index is 0.408. The zero-order chi connectivity index (χ0) is 9.80. The van der Waals surface area contributed by atoms with Gasteiger partial charge in [0.1, 0.15) is 18.1 Å². The first-order chi connectivity index (χ1) is 6.90. The Hall–Kier alpha value is -2.28. The van der Waals surface area contributed by atoms with Gasteiger partial charge >= 0.3 is 0 Å². The fourth-order valence-electron chi connectivity index (χ4n) is 1.08. The summed E-state index contributed by atoms with van der Waals surface area (Å²) in [7, 11) is 0. The van der Waals surface area contributed by atoms with Crippen LogP contribution in [-0.4, -0.2) is 15.0 Å². The van der Waals surface area contributed by atoms with Gasteiger partial charge < -0.3 is 0 Å². The molecule has 0 aliphatic carbocycles. The van der Waals surface area contributed by atoms with Crippen LogP contribution >= 0.6 is 0 Å². The van der Waals surface area contributed by atoms with Gasteiger partial charge in [0.15, 0.2) is 0 Å². The molecule has 2 rings (SSSR count). The van der Waals surface area contributed by atoms with Crippen molar-refractivity contribution in [1.82, 2.24) is 15.0 Å². The normalized spacial score (nSPS) is 9.36. The minimum Gasteiger partial charge on any atom is -0.245 e. The monoisotopic (exact) mass is 182 g/mol. The fraction of sp³-hybridized carbons (Fsp3) is 0. The maximum Gasteiger partial charge on any atom is 0.140 e. The average Bonchev–Trinajstić information content (AvgIpc) is 2.30. The van der Waals surface area contributed by atoms with Gasteiger partial charge in [-0.2, -0.15) is 5.26 Å². The quantitative estimate of drug-likeness (QED) is 0.668. The molecule has 0 aliphatic heterocycles. The maximum atomic E-state index is 8.56. The van der Waals surface area contributed by atoms with E-state index in [1.807, 2.05) is 12.1 Å². The molecule has 2 aromatic rings. The standard InChI is InChI=1S/C10H6N4/c11-3-10-2-1-8(6-14-10)9-4-12-7-13-5-9/h1-2,4-7H. The molecule has 0 N–H and O–H groups in total. The summed E-state index contributed by atoms with van der Waals surface area (Å²) in [6.07, 6.45) is 6.52. The second-order valence-electron chi connectivity index (χ2n) is 2.67. The zero-order valence-electron chi connectivity index (χ0n) is 7.25. The van der Waals surface area contributed by atoms with E-state index < -0.39 is 0 Å². The lowest BCUT2D eigenvalue weighted by Gasteiger charge is -1.97. The Morgan fingerprint density at radius 3 is 2.36 bits per heavy atom. The molecule has 0 amide bonds. The van der Waals surface area contributed by atoms with Gasteiger partial charge in [0.2, 0.25) is 0 Å². The van der Waals surface area contributed by atoms with Gasteiger partial charge in [-0.3, -0.25) is 0 Å². The number of hydrogen-bond acceptors (Lipinski definition) is 4. The van der Waals surface area contributed by atoms with Gasteiger partial charge in [0.05, 0.1) is 0 Å². The highest BCUT2D eigenvalue weighted by Gasteiger charge is 1.98. The molecule has 66 valence electrons. The highest BCUT2D eigenvalue weighted by Crippen LogP contribution is 2.15. The first-order valence-electron chi connectivity index (χ1n) is 4.01. The second kappa shape index (κ2) is 3.62. The van der Waals surface area contributed by atoms with Crippen molar-refractivity contribution >= 4 is 0 Å². The number of pyridine rings is 1. The molecule has 0 spiro atoms. The fourth-order valence-corrected chi connectivity index (χ4v) is 1.08. The van der Waals surface area contributed by atoms with E-state index in [2.05, 4.69) is 15.0 Å². The molecule has 0 atom stereocenters. The van der Waals surface area contributed by atoms with Crippen LogP contribution in [0.1, 0.15) is 5.69 Å². The largest absolute Gasteiger partial charge is 0.245 e. The van der Waals surface area contributed by atoms with E-state index in [0.717, 1.165) is 11.1 Å². The number of rotatable bonds is 1. The van der Waals surface area contributed by atoms with Crippen molar-refractivity contribution in [1.29, 1.82) is 5.26 Å². The predicted octanol–water partition coefficient (Wildman–Crippen LogP) is 1.41. The van der Waals surface area contributed by atoms with Crippen LogP contribution in [0.2, 0.25) is 0 Å². The predicted molar refractivity (Wildman–Crippen MR) is 50.0 cm³/mol. The minimum atomic E-state index is 0.408. The van der Waals surface area contributed by atoms with E-state index >= 15 is 0 Å². The SMILES string of the molecule is N#Cc1ccc(-c2cncnc2)cn1. The summed E-state index contributed by atoms with van der Waals surface area (Å²) in [5, 5.41) is 8.56. The van der Waals surface area contributed by atoms with E-state index in [1.54, 1.807) is 24.7 Å². The summed E-state index contributed by atoms with van der Waals surface area (Å²) in [6.45, 7) is 0. The lowest BCUT2D eigenvalue weighted by molar-refractivity contribution is 1.16. The van der Waals surface area contributed by atoms with E-state index in [1.165, 1.54) is 6.33 Å². The van der Waals surface area contributed by atoms with Crippen molar-refractivity contribution in [3.05, 3.63) is 42.7 Å². The van der Waals surface area contributed by atoms with Gasteiger partial charge in [0.25, 0.3) is 0 Å². The summed E-state index contributed by atoms with van der Waals surface area (Å²) >= 11 is 0. The van der Waals surface area contributed by atoms with Crippen molar-refractivity contribution in [3.8, 4) is 17.2 Å². The van der Waals surface area contributed by atoms with E-state index in [4.69, 9.17) is 5.26 Å². The molecule has 0 bridgehead atoms. The summed E-state index contributed by atoms with van der Waals surface area (Å²) < 4.78 is 0. The Morgan fingerprint density at radius 2 is 1.79 bits per heavy atom. The molecular weight excluding hydrogens is 176 g/mol. The molecule has 14 heavy (non-hydrogen) atoms. The smallest absolute Gasteiger partial charge is 0.140 e. The van der Waals surface area contributed by atoms with E-state index in [0.29, 0.717) is 5.69 Å². The van der Waals surface area contributed by atoms with Crippen LogP contribution in [-0.2, 0) is 0 Å². The lowest BCUT2D eigenvalue weighted by atomic mass is 10.1. The zero-order valence-corrected chi connectivity index (χ0v) is 7.25. The number of aromatic nitrogens is 3. The van der Waals surface area contributed by atoms with Gasteiger partial charge in [-0.25, -0.2) is 15.0 Å². The Bertz CT molecular complexity index is 456. The molecule has 4 nitrogen and oxygen atoms in total. The Balaban J connectivity index is 2.40. The van der Waals surface area contributed by atoms with Gasteiger partial charge in [0, 0.05) is 29.7 Å².